The second-order valence-electron chi connectivity index (χ2n) is 5.58. The molecule has 0 aliphatic rings. The van der Waals surface area contributed by atoms with Crippen molar-refractivity contribution in [3.63, 3.8) is 0 Å². The van der Waals surface area contributed by atoms with Crippen LogP contribution in [0.4, 0.5) is 5.69 Å². The summed E-state index contributed by atoms with van der Waals surface area (Å²) in [5.74, 6) is -0.503. The number of carbonyl (C=O) groups is 2. The topological polar surface area (TPSA) is 98.2 Å². The van der Waals surface area contributed by atoms with E-state index in [1.807, 2.05) is 6.92 Å². The van der Waals surface area contributed by atoms with Gasteiger partial charge in [0.2, 0.25) is 5.75 Å². The Bertz CT molecular complexity index is 889. The highest BCUT2D eigenvalue weighted by molar-refractivity contribution is 6.39. The van der Waals surface area contributed by atoms with E-state index in [2.05, 4.69) is 15.8 Å². The van der Waals surface area contributed by atoms with Crippen molar-refractivity contribution in [3.05, 3.63) is 46.5 Å². The van der Waals surface area contributed by atoms with E-state index in [-0.39, 0.29) is 0 Å². The molecule has 2 aromatic rings. The minimum Gasteiger partial charge on any atom is -0.493 e. The van der Waals surface area contributed by atoms with Crippen LogP contribution in [0.1, 0.15) is 11.1 Å². The number of nitrogens with zero attached hydrogens (tertiary/aromatic N) is 1. The van der Waals surface area contributed by atoms with Gasteiger partial charge in [-0.05, 0) is 36.8 Å². The van der Waals surface area contributed by atoms with Crippen LogP contribution in [0.3, 0.4) is 0 Å². The largest absolute Gasteiger partial charge is 0.493 e. The first-order chi connectivity index (χ1) is 13.4. The molecule has 0 spiro atoms. The van der Waals surface area contributed by atoms with Crippen LogP contribution in [0.15, 0.2) is 35.4 Å². The molecular weight excluding hydrogens is 386 g/mol. The molecule has 148 valence electrons. The molecule has 28 heavy (non-hydrogen) atoms. The van der Waals surface area contributed by atoms with E-state index >= 15 is 0 Å². The number of aryl methyl sites for hydroxylation is 1. The third kappa shape index (κ3) is 5.14. The molecule has 2 aromatic carbocycles. The summed E-state index contributed by atoms with van der Waals surface area (Å²) in [6.07, 6.45) is 1.35. The first kappa shape index (κ1) is 21.0. The Balaban J connectivity index is 2.04. The van der Waals surface area contributed by atoms with E-state index in [1.165, 1.54) is 27.5 Å². The molecule has 9 heteroatoms. The Morgan fingerprint density at radius 1 is 1.00 bits per heavy atom. The first-order valence-corrected chi connectivity index (χ1v) is 8.48. The molecule has 0 saturated heterocycles. The van der Waals surface area contributed by atoms with E-state index in [1.54, 1.807) is 30.3 Å². The van der Waals surface area contributed by atoms with Crippen LogP contribution in [0.2, 0.25) is 5.02 Å². The summed E-state index contributed by atoms with van der Waals surface area (Å²) in [6.45, 7) is 1.83. The maximum absolute atomic E-state index is 11.9. The van der Waals surface area contributed by atoms with Gasteiger partial charge in [0.1, 0.15) is 0 Å². The summed E-state index contributed by atoms with van der Waals surface area (Å²) in [7, 11) is 4.47. The first-order valence-electron chi connectivity index (χ1n) is 8.10. The van der Waals surface area contributed by atoms with E-state index in [4.69, 9.17) is 25.8 Å². The summed E-state index contributed by atoms with van der Waals surface area (Å²) in [4.78, 5) is 23.8. The lowest BCUT2D eigenvalue weighted by atomic mass is 10.2. The fourth-order valence-corrected chi connectivity index (χ4v) is 2.43. The number of ether oxygens (including phenoxy) is 3. The zero-order valence-electron chi connectivity index (χ0n) is 15.8. The number of anilines is 1. The molecule has 2 rings (SSSR count). The molecule has 2 amide bonds. The second kappa shape index (κ2) is 9.61. The van der Waals surface area contributed by atoms with Crippen molar-refractivity contribution in [2.24, 2.45) is 5.10 Å². The number of carbonyl (C=O) groups excluding carboxylic acids is 2. The SMILES string of the molecule is COc1cc(/C=N\NC(=O)C(=O)Nc2ccc(C)c(Cl)c2)cc(OC)c1OC. The summed E-state index contributed by atoms with van der Waals surface area (Å²) >= 11 is 5.99. The van der Waals surface area contributed by atoms with Gasteiger partial charge in [-0.2, -0.15) is 5.10 Å². The standard InChI is InChI=1S/C19H20ClN3O5/c1-11-5-6-13(9-14(11)20)22-18(24)19(25)23-21-10-12-7-15(26-2)17(28-4)16(8-12)27-3/h5-10H,1-4H3,(H,22,24)(H,23,25)/b21-10-. The number of hydrazone groups is 1. The van der Waals surface area contributed by atoms with Gasteiger partial charge >= 0.3 is 11.8 Å². The molecule has 8 nitrogen and oxygen atoms in total. The smallest absolute Gasteiger partial charge is 0.329 e. The van der Waals surface area contributed by atoms with Gasteiger partial charge in [0.15, 0.2) is 11.5 Å². The van der Waals surface area contributed by atoms with E-state index in [0.717, 1.165) is 5.56 Å². The number of hydrogen-bond acceptors (Lipinski definition) is 6. The normalized spacial score (nSPS) is 10.5. The second-order valence-corrected chi connectivity index (χ2v) is 5.98. The molecule has 0 bridgehead atoms. The van der Waals surface area contributed by atoms with Gasteiger partial charge in [0, 0.05) is 16.3 Å². The molecule has 0 saturated carbocycles. The van der Waals surface area contributed by atoms with Crippen LogP contribution >= 0.6 is 11.6 Å². The number of benzene rings is 2. The van der Waals surface area contributed by atoms with E-state index < -0.39 is 11.8 Å². The third-order valence-corrected chi connectivity index (χ3v) is 4.11. The lowest BCUT2D eigenvalue weighted by molar-refractivity contribution is -0.136. The van der Waals surface area contributed by atoms with Gasteiger partial charge in [-0.15, -0.1) is 0 Å². The number of rotatable bonds is 6. The fourth-order valence-electron chi connectivity index (χ4n) is 2.25. The van der Waals surface area contributed by atoms with Crippen LogP contribution in [0, 0.1) is 6.92 Å². The van der Waals surface area contributed by atoms with Crippen molar-refractivity contribution in [2.75, 3.05) is 26.6 Å². The van der Waals surface area contributed by atoms with Gasteiger partial charge < -0.3 is 19.5 Å². The molecule has 0 radical (unpaired) electrons. The van der Waals surface area contributed by atoms with Crippen molar-refractivity contribution in [3.8, 4) is 17.2 Å². The zero-order valence-corrected chi connectivity index (χ0v) is 16.6. The molecule has 0 fully saturated rings. The molecule has 0 aliphatic heterocycles. The lowest BCUT2D eigenvalue weighted by Crippen LogP contribution is -2.32. The number of nitrogens with one attached hydrogen (secondary N) is 2. The molecular formula is C19H20ClN3O5. The minimum atomic E-state index is -0.930. The van der Waals surface area contributed by atoms with Crippen LogP contribution in [0.25, 0.3) is 0 Å². The Labute approximate surface area is 167 Å². The molecule has 0 heterocycles. The highest BCUT2D eigenvalue weighted by Crippen LogP contribution is 2.37. The van der Waals surface area contributed by atoms with Crippen molar-refractivity contribution >= 4 is 35.3 Å². The van der Waals surface area contributed by atoms with Crippen molar-refractivity contribution in [1.82, 2.24) is 5.43 Å². The monoisotopic (exact) mass is 405 g/mol. The summed E-state index contributed by atoms with van der Waals surface area (Å²) in [5.41, 5.74) is 3.99. The highest BCUT2D eigenvalue weighted by Gasteiger charge is 2.14. The zero-order chi connectivity index (χ0) is 20.7. The Morgan fingerprint density at radius 3 is 2.18 bits per heavy atom. The molecule has 0 atom stereocenters. The van der Waals surface area contributed by atoms with Crippen LogP contribution < -0.4 is 25.0 Å². The number of methoxy groups -OCH3 is 3. The van der Waals surface area contributed by atoms with Gasteiger partial charge in [-0.3, -0.25) is 9.59 Å². The van der Waals surface area contributed by atoms with Crippen molar-refractivity contribution in [1.29, 1.82) is 0 Å². The average Bonchev–Trinajstić information content (AvgIpc) is 2.69. The quantitative estimate of drug-likeness (QED) is 0.437. The summed E-state index contributed by atoms with van der Waals surface area (Å²) in [6, 6.07) is 8.22. The maximum atomic E-state index is 11.9. The molecule has 0 unspecified atom stereocenters. The van der Waals surface area contributed by atoms with Gasteiger partial charge in [0.05, 0.1) is 27.5 Å². The third-order valence-electron chi connectivity index (χ3n) is 3.70. The molecule has 0 aliphatic carbocycles. The van der Waals surface area contributed by atoms with Crippen LogP contribution in [0.5, 0.6) is 17.2 Å². The van der Waals surface area contributed by atoms with Gasteiger partial charge in [-0.1, -0.05) is 17.7 Å². The van der Waals surface area contributed by atoms with Gasteiger partial charge in [-0.25, -0.2) is 5.43 Å². The fraction of sp³-hybridized carbons (Fsp3) is 0.211. The number of halogens is 1. The number of amides is 2. The molecule has 2 N–H and O–H groups in total. The average molecular weight is 406 g/mol. The lowest BCUT2D eigenvalue weighted by Gasteiger charge is -2.12. The predicted molar refractivity (Wildman–Crippen MR) is 107 cm³/mol. The highest BCUT2D eigenvalue weighted by atomic mass is 35.5. The van der Waals surface area contributed by atoms with Crippen LogP contribution in [-0.2, 0) is 9.59 Å². The Morgan fingerprint density at radius 2 is 1.64 bits per heavy atom. The number of hydrogen-bond donors (Lipinski definition) is 2. The minimum absolute atomic E-state index is 0.407. The maximum Gasteiger partial charge on any atom is 0.329 e. The summed E-state index contributed by atoms with van der Waals surface area (Å²) in [5, 5.41) is 6.71. The molecule has 0 aromatic heterocycles. The summed E-state index contributed by atoms with van der Waals surface area (Å²) < 4.78 is 15.7. The Hall–Kier alpha value is -3.26. The Kier molecular flexibility index (Phi) is 7.22. The van der Waals surface area contributed by atoms with Crippen LogP contribution in [-0.4, -0.2) is 39.4 Å². The van der Waals surface area contributed by atoms with Crippen molar-refractivity contribution in [2.45, 2.75) is 6.92 Å². The van der Waals surface area contributed by atoms with Crippen molar-refractivity contribution < 1.29 is 23.8 Å². The van der Waals surface area contributed by atoms with E-state index in [9.17, 15) is 9.59 Å². The predicted octanol–water partition coefficient (Wildman–Crippen LogP) is 2.76. The van der Waals surface area contributed by atoms with E-state index in [0.29, 0.717) is 33.5 Å². The van der Waals surface area contributed by atoms with Gasteiger partial charge in [0.25, 0.3) is 0 Å².